The summed E-state index contributed by atoms with van der Waals surface area (Å²) in [4.78, 5) is 0. The summed E-state index contributed by atoms with van der Waals surface area (Å²) in [5, 5.41) is 28.7. The molecule has 0 saturated carbocycles. The van der Waals surface area contributed by atoms with Crippen LogP contribution in [0, 0.1) is 0 Å². The molecule has 0 radical (unpaired) electrons. The lowest BCUT2D eigenvalue weighted by Crippen LogP contribution is -2.03. The summed E-state index contributed by atoms with van der Waals surface area (Å²) < 4.78 is 0. The third-order valence-electron chi connectivity index (χ3n) is 4.44. The molecule has 0 unspecified atom stereocenters. The molecule has 0 heterocycles. The lowest BCUT2D eigenvalue weighted by molar-refractivity contribution is 0.169. The van der Waals surface area contributed by atoms with Crippen LogP contribution in [0.4, 0.5) is 0 Å². The first kappa shape index (κ1) is 22.3. The largest absolute Gasteiger partial charge is 0.508 e. The van der Waals surface area contributed by atoms with Crippen LogP contribution >= 0.6 is 0 Å². The maximum absolute atomic E-state index is 9.80. The van der Waals surface area contributed by atoms with Crippen LogP contribution < -0.4 is 0 Å². The molecular weight excluding hydrogens is 324 g/mol. The lowest BCUT2D eigenvalue weighted by atomic mass is 10.0. The third-order valence-corrected chi connectivity index (χ3v) is 4.44. The molecule has 0 aliphatic carbocycles. The number of rotatable bonds is 14. The number of phenols is 2. The van der Waals surface area contributed by atoms with Gasteiger partial charge in [-0.15, -0.1) is 0 Å². The number of hydrogen-bond donors (Lipinski definition) is 3. The molecular formula is C23H36O3. The standard InChI is InChI=1S/C23H36O3/c1-2-3-11-15-21(24)16-13-10-8-6-4-5-7-9-12-14-20-17-22(25)19-23(26)18-20/h3,8,10-11,17-19,21,24-26H,2,4-7,9,12-16H2,1H3/b10-8-,11-3-/t21-/m1/s1. The quantitative estimate of drug-likeness (QED) is 0.280. The van der Waals surface area contributed by atoms with Crippen molar-refractivity contribution in [1.29, 1.82) is 0 Å². The second kappa shape index (κ2) is 14.4. The van der Waals surface area contributed by atoms with Crippen molar-refractivity contribution in [1.82, 2.24) is 0 Å². The lowest BCUT2D eigenvalue weighted by Gasteiger charge is -2.05. The van der Waals surface area contributed by atoms with Crippen LogP contribution in [0.5, 0.6) is 11.5 Å². The Morgan fingerprint density at radius 2 is 1.46 bits per heavy atom. The molecule has 146 valence electrons. The SMILES string of the molecule is CC/C=C\C[C@@H](O)CC/C=C\CCCCCCCc1cc(O)cc(O)c1. The third kappa shape index (κ3) is 11.8. The molecule has 1 rings (SSSR count). The Bertz CT molecular complexity index is 514. The maximum Gasteiger partial charge on any atom is 0.119 e. The molecule has 0 amide bonds. The van der Waals surface area contributed by atoms with Crippen LogP contribution in [0.3, 0.4) is 0 Å². The Labute approximate surface area is 159 Å². The first-order valence-corrected chi connectivity index (χ1v) is 10.1. The average Bonchev–Trinajstić information content (AvgIpc) is 2.59. The number of aliphatic hydroxyl groups excluding tert-OH is 1. The van der Waals surface area contributed by atoms with Crippen LogP contribution in [0.2, 0.25) is 0 Å². The molecule has 26 heavy (non-hydrogen) atoms. The van der Waals surface area contributed by atoms with E-state index in [4.69, 9.17) is 0 Å². The molecule has 1 aromatic carbocycles. The van der Waals surface area contributed by atoms with Crippen LogP contribution in [-0.2, 0) is 6.42 Å². The highest BCUT2D eigenvalue weighted by Crippen LogP contribution is 2.22. The van der Waals surface area contributed by atoms with Gasteiger partial charge in [0.1, 0.15) is 11.5 Å². The minimum Gasteiger partial charge on any atom is -0.508 e. The van der Waals surface area contributed by atoms with Crippen molar-refractivity contribution >= 4 is 0 Å². The van der Waals surface area contributed by atoms with Crippen molar-refractivity contribution in [3.63, 3.8) is 0 Å². The Morgan fingerprint density at radius 1 is 0.808 bits per heavy atom. The van der Waals surface area contributed by atoms with Crippen LogP contribution in [0.25, 0.3) is 0 Å². The Balaban J connectivity index is 1.95. The molecule has 3 heteroatoms. The van der Waals surface area contributed by atoms with Gasteiger partial charge in [-0.25, -0.2) is 0 Å². The summed E-state index contributed by atoms with van der Waals surface area (Å²) in [5.41, 5.74) is 0.998. The highest BCUT2D eigenvalue weighted by molar-refractivity contribution is 5.36. The molecule has 0 fully saturated rings. The van der Waals surface area contributed by atoms with Crippen molar-refractivity contribution in [2.24, 2.45) is 0 Å². The van der Waals surface area contributed by atoms with Gasteiger partial charge in [-0.05, 0) is 69.1 Å². The fourth-order valence-corrected chi connectivity index (χ4v) is 2.98. The number of benzene rings is 1. The molecule has 0 bridgehead atoms. The Hall–Kier alpha value is -1.74. The predicted molar refractivity (Wildman–Crippen MR) is 110 cm³/mol. The van der Waals surface area contributed by atoms with E-state index in [0.717, 1.165) is 50.5 Å². The zero-order valence-corrected chi connectivity index (χ0v) is 16.2. The number of unbranched alkanes of at least 4 members (excludes halogenated alkanes) is 5. The summed E-state index contributed by atoms with van der Waals surface area (Å²) >= 11 is 0. The fraction of sp³-hybridized carbons (Fsp3) is 0.565. The molecule has 0 aromatic heterocycles. The normalized spacial score (nSPS) is 13.0. The second-order valence-electron chi connectivity index (χ2n) is 6.98. The summed E-state index contributed by atoms with van der Waals surface area (Å²) in [5.74, 6) is 0.272. The number of phenolic OH excluding ortho intramolecular Hbond substituents is 2. The van der Waals surface area contributed by atoms with Crippen LogP contribution in [0.15, 0.2) is 42.5 Å². The summed E-state index contributed by atoms with van der Waals surface area (Å²) in [7, 11) is 0. The number of aryl methyl sites for hydroxylation is 1. The van der Waals surface area contributed by atoms with Gasteiger partial charge in [0.25, 0.3) is 0 Å². The number of hydrogen-bond acceptors (Lipinski definition) is 3. The number of allylic oxidation sites excluding steroid dienone is 3. The molecule has 0 aliphatic heterocycles. The topological polar surface area (TPSA) is 60.7 Å². The van der Waals surface area contributed by atoms with Gasteiger partial charge in [-0.3, -0.25) is 0 Å². The maximum atomic E-state index is 9.80. The van der Waals surface area contributed by atoms with Gasteiger partial charge in [-0.1, -0.05) is 50.5 Å². The van der Waals surface area contributed by atoms with Crippen molar-refractivity contribution in [2.45, 2.75) is 83.7 Å². The van der Waals surface area contributed by atoms with Gasteiger partial charge >= 0.3 is 0 Å². The van der Waals surface area contributed by atoms with E-state index in [-0.39, 0.29) is 17.6 Å². The van der Waals surface area contributed by atoms with Crippen LogP contribution in [-0.4, -0.2) is 21.4 Å². The second-order valence-corrected chi connectivity index (χ2v) is 6.98. The predicted octanol–water partition coefficient (Wildman–Crippen LogP) is 6.03. The van der Waals surface area contributed by atoms with Crippen molar-refractivity contribution < 1.29 is 15.3 Å². The smallest absolute Gasteiger partial charge is 0.119 e. The minimum atomic E-state index is -0.212. The molecule has 3 nitrogen and oxygen atoms in total. The molecule has 0 saturated heterocycles. The van der Waals surface area contributed by atoms with Gasteiger partial charge in [0.05, 0.1) is 6.10 Å². The van der Waals surface area contributed by atoms with Crippen molar-refractivity contribution in [2.75, 3.05) is 0 Å². The zero-order valence-electron chi connectivity index (χ0n) is 16.2. The summed E-state index contributed by atoms with van der Waals surface area (Å²) in [6, 6.07) is 4.81. The number of aliphatic hydroxyl groups is 1. The van der Waals surface area contributed by atoms with Crippen molar-refractivity contribution in [3.05, 3.63) is 48.1 Å². The van der Waals surface area contributed by atoms with Gasteiger partial charge in [0.2, 0.25) is 0 Å². The van der Waals surface area contributed by atoms with E-state index in [2.05, 4.69) is 31.2 Å². The van der Waals surface area contributed by atoms with Gasteiger partial charge in [0.15, 0.2) is 0 Å². The van der Waals surface area contributed by atoms with Crippen LogP contribution in [0.1, 0.15) is 76.7 Å². The zero-order chi connectivity index (χ0) is 19.0. The summed E-state index contributed by atoms with van der Waals surface area (Å²) in [6.45, 7) is 2.10. The van der Waals surface area contributed by atoms with Crippen molar-refractivity contribution in [3.8, 4) is 11.5 Å². The van der Waals surface area contributed by atoms with Gasteiger partial charge in [-0.2, -0.15) is 0 Å². The highest BCUT2D eigenvalue weighted by atomic mass is 16.3. The van der Waals surface area contributed by atoms with E-state index in [0.29, 0.717) is 0 Å². The average molecular weight is 361 g/mol. The van der Waals surface area contributed by atoms with Gasteiger partial charge < -0.3 is 15.3 Å². The van der Waals surface area contributed by atoms with E-state index in [1.165, 1.54) is 31.7 Å². The summed E-state index contributed by atoms with van der Waals surface area (Å²) in [6.07, 6.45) is 20.0. The first-order chi connectivity index (χ1) is 12.6. The Morgan fingerprint density at radius 3 is 2.19 bits per heavy atom. The fourth-order valence-electron chi connectivity index (χ4n) is 2.98. The number of aromatic hydroxyl groups is 2. The van der Waals surface area contributed by atoms with E-state index in [1.807, 2.05) is 0 Å². The molecule has 0 spiro atoms. The minimum absolute atomic E-state index is 0.136. The van der Waals surface area contributed by atoms with E-state index >= 15 is 0 Å². The Kier molecular flexibility index (Phi) is 12.4. The highest BCUT2D eigenvalue weighted by Gasteiger charge is 2.00. The van der Waals surface area contributed by atoms with E-state index in [1.54, 1.807) is 12.1 Å². The van der Waals surface area contributed by atoms with Gasteiger partial charge in [0, 0.05) is 6.07 Å². The molecule has 1 atom stereocenters. The molecule has 1 aromatic rings. The molecule has 3 N–H and O–H groups in total. The van der Waals surface area contributed by atoms with E-state index in [9.17, 15) is 15.3 Å². The molecule has 0 aliphatic rings. The monoisotopic (exact) mass is 360 g/mol. The van der Waals surface area contributed by atoms with E-state index < -0.39 is 0 Å². The first-order valence-electron chi connectivity index (χ1n) is 10.1.